The lowest BCUT2D eigenvalue weighted by atomic mass is 9.99. The Morgan fingerprint density at radius 3 is 2.37 bits per heavy atom. The largest absolute Gasteiger partial charge is 0.416 e. The third kappa shape index (κ3) is 5.08. The molecular formula is C26H25F4N3O2. The maximum Gasteiger partial charge on any atom is 0.416 e. The van der Waals surface area contributed by atoms with Crippen LogP contribution in [-0.2, 0) is 17.5 Å². The Balaban J connectivity index is 1.59. The highest BCUT2D eigenvalue weighted by Crippen LogP contribution is 2.34. The van der Waals surface area contributed by atoms with Gasteiger partial charge in [0.05, 0.1) is 5.56 Å². The van der Waals surface area contributed by atoms with Crippen molar-refractivity contribution >= 4 is 11.8 Å². The summed E-state index contributed by atoms with van der Waals surface area (Å²) in [5, 5.41) is 0. The summed E-state index contributed by atoms with van der Waals surface area (Å²) in [6, 6.07) is 13.2. The third-order valence-electron chi connectivity index (χ3n) is 6.12. The van der Waals surface area contributed by atoms with E-state index in [1.165, 1.54) is 11.0 Å². The van der Waals surface area contributed by atoms with E-state index in [-0.39, 0.29) is 24.6 Å². The van der Waals surface area contributed by atoms with Crippen LogP contribution >= 0.6 is 0 Å². The second kappa shape index (κ2) is 9.93. The highest BCUT2D eigenvalue weighted by molar-refractivity contribution is 5.96. The molecule has 1 unspecified atom stereocenters. The third-order valence-corrected chi connectivity index (χ3v) is 6.12. The molecule has 0 N–H and O–H groups in total. The van der Waals surface area contributed by atoms with Crippen molar-refractivity contribution < 1.29 is 27.2 Å². The Kier molecular flexibility index (Phi) is 6.95. The molecule has 9 heteroatoms. The predicted octanol–water partition coefficient (Wildman–Crippen LogP) is 5.13. The van der Waals surface area contributed by atoms with Gasteiger partial charge in [0.2, 0.25) is 5.91 Å². The van der Waals surface area contributed by atoms with Crippen LogP contribution in [0.5, 0.6) is 0 Å². The topological polar surface area (TPSA) is 45.6 Å². The summed E-state index contributed by atoms with van der Waals surface area (Å²) in [6.07, 6.45) is -2.07. The first-order chi connectivity index (χ1) is 16.7. The predicted molar refractivity (Wildman–Crippen MR) is 122 cm³/mol. The molecule has 0 radical (unpaired) electrons. The van der Waals surface area contributed by atoms with E-state index in [1.807, 2.05) is 29.8 Å². The number of amides is 2. The van der Waals surface area contributed by atoms with Crippen LogP contribution in [-0.4, -0.2) is 45.8 Å². The molecule has 4 rings (SSSR count). The first-order valence-electron chi connectivity index (χ1n) is 11.4. The van der Waals surface area contributed by atoms with E-state index in [0.717, 1.165) is 30.0 Å². The Morgan fingerprint density at radius 2 is 1.71 bits per heavy atom. The molecule has 3 aromatic rings. The number of rotatable bonds is 6. The Labute approximate surface area is 200 Å². The van der Waals surface area contributed by atoms with Crippen molar-refractivity contribution in [3.63, 3.8) is 0 Å². The molecule has 2 aromatic carbocycles. The van der Waals surface area contributed by atoms with Crippen molar-refractivity contribution in [2.24, 2.45) is 0 Å². The van der Waals surface area contributed by atoms with Crippen molar-refractivity contribution in [3.05, 3.63) is 95.1 Å². The molecular weight excluding hydrogens is 462 g/mol. The van der Waals surface area contributed by atoms with Crippen molar-refractivity contribution in [2.45, 2.75) is 32.1 Å². The maximum atomic E-state index is 14.8. The zero-order valence-electron chi connectivity index (χ0n) is 19.1. The average Bonchev–Trinajstić information content (AvgIpc) is 3.32. The highest BCUT2D eigenvalue weighted by atomic mass is 19.4. The fourth-order valence-electron chi connectivity index (χ4n) is 4.44. The second-order valence-electron chi connectivity index (χ2n) is 8.44. The molecule has 0 saturated carbocycles. The van der Waals surface area contributed by atoms with Gasteiger partial charge in [0.1, 0.15) is 18.4 Å². The zero-order chi connectivity index (χ0) is 25.2. The smallest absolute Gasteiger partial charge is 0.348 e. The molecule has 1 atom stereocenters. The molecule has 5 nitrogen and oxygen atoms in total. The molecule has 184 valence electrons. The van der Waals surface area contributed by atoms with E-state index in [9.17, 15) is 27.2 Å². The fraction of sp³-hybridized carbons (Fsp3) is 0.308. The fourth-order valence-corrected chi connectivity index (χ4v) is 4.44. The van der Waals surface area contributed by atoms with Crippen molar-refractivity contribution in [2.75, 3.05) is 19.6 Å². The van der Waals surface area contributed by atoms with Gasteiger partial charge in [-0.05, 0) is 48.9 Å². The van der Waals surface area contributed by atoms with Gasteiger partial charge in [0.25, 0.3) is 5.91 Å². The summed E-state index contributed by atoms with van der Waals surface area (Å²) < 4.78 is 55.4. The number of nitrogens with zero attached hydrogens (tertiary/aromatic N) is 3. The van der Waals surface area contributed by atoms with E-state index in [4.69, 9.17) is 0 Å². The molecule has 1 aromatic heterocycles. The van der Waals surface area contributed by atoms with Crippen LogP contribution in [0.4, 0.5) is 17.6 Å². The summed E-state index contributed by atoms with van der Waals surface area (Å²) in [4.78, 5) is 29.5. The standard InChI is InChI=1S/C26H25F4N3O2/c1-2-13-32(25(35)18-9-11-19(12-10-18)26(28,29)30)17-23(34)33-16-15-31-14-5-8-22(31)24(33)20-6-3-4-7-21(20)27/h3-12,14,24H,2,13,15-17H2,1H3. The minimum Gasteiger partial charge on any atom is -0.348 e. The van der Waals surface area contributed by atoms with E-state index in [0.29, 0.717) is 25.1 Å². The lowest BCUT2D eigenvalue weighted by molar-refractivity contribution is -0.137. The van der Waals surface area contributed by atoms with E-state index in [1.54, 1.807) is 23.1 Å². The van der Waals surface area contributed by atoms with Crippen molar-refractivity contribution in [1.82, 2.24) is 14.4 Å². The van der Waals surface area contributed by atoms with E-state index >= 15 is 0 Å². The summed E-state index contributed by atoms with van der Waals surface area (Å²) >= 11 is 0. The molecule has 35 heavy (non-hydrogen) atoms. The minimum absolute atomic E-state index is 0.0671. The van der Waals surface area contributed by atoms with Gasteiger partial charge in [0.15, 0.2) is 0 Å². The number of carbonyl (C=O) groups is 2. The second-order valence-corrected chi connectivity index (χ2v) is 8.44. The first kappa shape index (κ1) is 24.5. The van der Waals surface area contributed by atoms with E-state index in [2.05, 4.69) is 0 Å². The molecule has 1 aliphatic rings. The molecule has 0 bridgehead atoms. The van der Waals surface area contributed by atoms with Gasteiger partial charge >= 0.3 is 6.18 Å². The number of hydrogen-bond acceptors (Lipinski definition) is 2. The van der Waals surface area contributed by atoms with Crippen molar-refractivity contribution in [1.29, 1.82) is 0 Å². The molecule has 1 aliphatic heterocycles. The maximum absolute atomic E-state index is 14.8. The number of benzene rings is 2. The summed E-state index contributed by atoms with van der Waals surface area (Å²) in [6.45, 7) is 2.68. The lowest BCUT2D eigenvalue weighted by Gasteiger charge is -2.38. The Morgan fingerprint density at radius 1 is 1.00 bits per heavy atom. The molecule has 0 spiro atoms. The molecule has 0 fully saturated rings. The van der Waals surface area contributed by atoms with Gasteiger partial charge < -0.3 is 14.4 Å². The quantitative estimate of drug-likeness (QED) is 0.453. The summed E-state index contributed by atoms with van der Waals surface area (Å²) in [5.41, 5.74) is 0.344. The van der Waals surface area contributed by atoms with Gasteiger partial charge in [-0.15, -0.1) is 0 Å². The monoisotopic (exact) mass is 487 g/mol. The van der Waals surface area contributed by atoms with Gasteiger partial charge in [0, 0.05) is 42.7 Å². The minimum atomic E-state index is -4.51. The number of halogens is 4. The number of fused-ring (bicyclic) bond motifs is 1. The molecule has 2 amide bonds. The van der Waals surface area contributed by atoms with Crippen LogP contribution in [0.25, 0.3) is 0 Å². The first-order valence-corrected chi connectivity index (χ1v) is 11.4. The van der Waals surface area contributed by atoms with E-state index < -0.39 is 29.5 Å². The SMILES string of the molecule is CCCN(CC(=O)N1CCn2cccc2C1c1ccccc1F)C(=O)c1ccc(C(F)(F)F)cc1. The number of carbonyl (C=O) groups excluding carboxylic acids is 2. The molecule has 2 heterocycles. The summed E-state index contributed by atoms with van der Waals surface area (Å²) in [7, 11) is 0. The van der Waals surface area contributed by atoms with Crippen LogP contribution < -0.4 is 0 Å². The Bertz CT molecular complexity index is 1200. The zero-order valence-corrected chi connectivity index (χ0v) is 19.1. The number of aromatic nitrogens is 1. The van der Waals surface area contributed by atoms with Gasteiger partial charge in [-0.3, -0.25) is 9.59 Å². The number of hydrogen-bond donors (Lipinski definition) is 0. The lowest BCUT2D eigenvalue weighted by Crippen LogP contribution is -2.48. The van der Waals surface area contributed by atoms with Crippen LogP contribution in [0.1, 0.15) is 46.6 Å². The summed E-state index contributed by atoms with van der Waals surface area (Å²) in [5.74, 6) is -1.33. The molecule has 0 aliphatic carbocycles. The normalized spacial score (nSPS) is 15.6. The van der Waals surface area contributed by atoms with Gasteiger partial charge in [-0.1, -0.05) is 25.1 Å². The molecule has 0 saturated heterocycles. The van der Waals surface area contributed by atoms with Gasteiger partial charge in [-0.25, -0.2) is 4.39 Å². The number of alkyl halides is 3. The van der Waals surface area contributed by atoms with Crippen molar-refractivity contribution in [3.8, 4) is 0 Å². The Hall–Kier alpha value is -3.62. The van der Waals surface area contributed by atoms with Crippen LogP contribution in [0.15, 0.2) is 66.9 Å². The van der Waals surface area contributed by atoms with Crippen LogP contribution in [0.2, 0.25) is 0 Å². The van der Waals surface area contributed by atoms with Crippen LogP contribution in [0.3, 0.4) is 0 Å². The van der Waals surface area contributed by atoms with Gasteiger partial charge in [-0.2, -0.15) is 13.2 Å². The average molecular weight is 487 g/mol. The highest BCUT2D eigenvalue weighted by Gasteiger charge is 2.35. The van der Waals surface area contributed by atoms with Crippen LogP contribution in [0, 0.1) is 5.82 Å².